The van der Waals surface area contributed by atoms with Crippen molar-refractivity contribution in [3.8, 4) is 0 Å². The molecule has 1 N–H and O–H groups in total. The average Bonchev–Trinajstić information content (AvgIpc) is 2.73. The first-order valence-electron chi connectivity index (χ1n) is 10.9. The van der Waals surface area contributed by atoms with E-state index in [1.54, 1.807) is 0 Å². The van der Waals surface area contributed by atoms with E-state index in [2.05, 4.69) is 24.0 Å². The van der Waals surface area contributed by atoms with Crippen LogP contribution in [0.15, 0.2) is 36.4 Å². The van der Waals surface area contributed by atoms with Crippen LogP contribution in [-0.4, -0.2) is 35.8 Å². The number of carbonyl (C=O) groups excluding carboxylic acids is 2. The largest absolute Gasteiger partial charge is 0.341 e. The molecule has 0 spiro atoms. The normalized spacial score (nSPS) is 19.6. The molecule has 29 heavy (non-hydrogen) atoms. The first kappa shape index (κ1) is 21.9. The number of piperidine rings is 1. The van der Waals surface area contributed by atoms with Crippen LogP contribution in [0.3, 0.4) is 0 Å². The number of rotatable bonds is 6. The van der Waals surface area contributed by atoms with E-state index in [4.69, 9.17) is 11.6 Å². The first-order chi connectivity index (χ1) is 13.9. The minimum Gasteiger partial charge on any atom is -0.341 e. The Bertz CT molecular complexity index is 717. The molecular formula is C24H33ClN2O2. The lowest BCUT2D eigenvalue weighted by Crippen LogP contribution is -2.51. The topological polar surface area (TPSA) is 49.4 Å². The number of nitrogens with one attached hydrogen (secondary N) is 1. The zero-order valence-electron chi connectivity index (χ0n) is 17.5. The molecule has 1 aromatic rings. The fourth-order valence-electron chi connectivity index (χ4n) is 4.62. The van der Waals surface area contributed by atoms with Gasteiger partial charge in [-0.1, -0.05) is 49.6 Å². The third-order valence-electron chi connectivity index (χ3n) is 6.39. The third kappa shape index (κ3) is 6.08. The first-order valence-corrected chi connectivity index (χ1v) is 11.3. The van der Waals surface area contributed by atoms with E-state index in [0.29, 0.717) is 36.9 Å². The second kappa shape index (κ2) is 10.3. The van der Waals surface area contributed by atoms with Crippen molar-refractivity contribution in [1.29, 1.82) is 0 Å². The van der Waals surface area contributed by atoms with Crippen LogP contribution in [0.2, 0.25) is 5.02 Å². The molecule has 5 heteroatoms. The Morgan fingerprint density at radius 3 is 2.31 bits per heavy atom. The maximum Gasteiger partial charge on any atom is 0.249 e. The van der Waals surface area contributed by atoms with Crippen LogP contribution in [0.1, 0.15) is 69.8 Å². The Kier molecular flexibility index (Phi) is 7.77. The average molecular weight is 417 g/mol. The van der Waals surface area contributed by atoms with E-state index in [0.717, 1.165) is 30.7 Å². The minimum absolute atomic E-state index is 0.0192. The standard InChI is InChI=1S/C24H33ClN2O2/c1-17(2)23(26-22(28)16-18-6-4-3-5-7-18)24(29)27-14-12-20(13-15-27)19-8-10-21(25)11-9-19/h8-11,18,20,23H,1,3-7,12-16H2,2H3,(H,26,28)/t23-/m1/s1. The summed E-state index contributed by atoms with van der Waals surface area (Å²) in [6, 6.07) is 7.39. The Labute approximate surface area is 179 Å². The Balaban J connectivity index is 1.53. The summed E-state index contributed by atoms with van der Waals surface area (Å²) in [6.07, 6.45) is 8.31. The highest BCUT2D eigenvalue weighted by molar-refractivity contribution is 6.30. The highest BCUT2D eigenvalue weighted by Crippen LogP contribution is 2.29. The number of benzene rings is 1. The van der Waals surface area contributed by atoms with Crippen LogP contribution in [0.5, 0.6) is 0 Å². The maximum atomic E-state index is 13.1. The number of nitrogens with zero attached hydrogens (tertiary/aromatic N) is 1. The van der Waals surface area contributed by atoms with Crippen LogP contribution in [-0.2, 0) is 9.59 Å². The van der Waals surface area contributed by atoms with Gasteiger partial charge in [-0.05, 0) is 67.7 Å². The molecule has 0 radical (unpaired) electrons. The highest BCUT2D eigenvalue weighted by atomic mass is 35.5. The molecule has 2 fully saturated rings. The molecule has 158 valence electrons. The van der Waals surface area contributed by atoms with Crippen LogP contribution in [0.4, 0.5) is 0 Å². The SMILES string of the molecule is C=C(C)[C@@H](NC(=O)CC1CCCCC1)C(=O)N1CCC(c2ccc(Cl)cc2)CC1. The summed E-state index contributed by atoms with van der Waals surface area (Å²) in [6.45, 7) is 7.20. The molecular weight excluding hydrogens is 384 g/mol. The molecule has 1 aromatic carbocycles. The zero-order valence-corrected chi connectivity index (χ0v) is 18.2. The van der Waals surface area contributed by atoms with Gasteiger partial charge in [0.25, 0.3) is 0 Å². The predicted molar refractivity (Wildman–Crippen MR) is 118 cm³/mol. The fourth-order valence-corrected chi connectivity index (χ4v) is 4.75. The fraction of sp³-hybridized carbons (Fsp3) is 0.583. The van der Waals surface area contributed by atoms with Gasteiger partial charge in [-0.15, -0.1) is 0 Å². The quantitative estimate of drug-likeness (QED) is 0.657. The molecule has 0 aromatic heterocycles. The van der Waals surface area contributed by atoms with E-state index >= 15 is 0 Å². The lowest BCUT2D eigenvalue weighted by molar-refractivity contribution is -0.136. The molecule has 1 aliphatic heterocycles. The summed E-state index contributed by atoms with van der Waals surface area (Å²) in [5.74, 6) is 0.860. The molecule has 1 saturated carbocycles. The van der Waals surface area contributed by atoms with Crippen LogP contribution < -0.4 is 5.32 Å². The number of amides is 2. The number of carbonyl (C=O) groups is 2. The summed E-state index contributed by atoms with van der Waals surface area (Å²) < 4.78 is 0. The number of likely N-dealkylation sites (tertiary alicyclic amines) is 1. The molecule has 0 unspecified atom stereocenters. The second-order valence-corrected chi connectivity index (χ2v) is 9.14. The number of halogens is 1. The predicted octanol–water partition coefficient (Wildman–Crippen LogP) is 5.08. The Morgan fingerprint density at radius 1 is 1.10 bits per heavy atom. The molecule has 3 rings (SSSR count). The van der Waals surface area contributed by atoms with Gasteiger partial charge in [0.05, 0.1) is 0 Å². The molecule has 4 nitrogen and oxygen atoms in total. The maximum absolute atomic E-state index is 13.1. The third-order valence-corrected chi connectivity index (χ3v) is 6.64. The van der Waals surface area contributed by atoms with Gasteiger partial charge in [0, 0.05) is 24.5 Å². The molecule has 1 saturated heterocycles. The highest BCUT2D eigenvalue weighted by Gasteiger charge is 2.30. The van der Waals surface area contributed by atoms with Gasteiger partial charge in [-0.25, -0.2) is 0 Å². The lowest BCUT2D eigenvalue weighted by atomic mass is 9.86. The van der Waals surface area contributed by atoms with E-state index in [1.807, 2.05) is 24.0 Å². The van der Waals surface area contributed by atoms with Crippen molar-refractivity contribution in [1.82, 2.24) is 10.2 Å². The smallest absolute Gasteiger partial charge is 0.249 e. The Hall–Kier alpha value is -1.81. The van der Waals surface area contributed by atoms with Crippen molar-refractivity contribution in [2.45, 2.75) is 70.3 Å². The van der Waals surface area contributed by atoms with Crippen LogP contribution in [0.25, 0.3) is 0 Å². The van der Waals surface area contributed by atoms with Crippen molar-refractivity contribution in [3.05, 3.63) is 47.0 Å². The summed E-state index contributed by atoms with van der Waals surface area (Å²) in [5, 5.41) is 3.71. The van der Waals surface area contributed by atoms with E-state index < -0.39 is 6.04 Å². The lowest BCUT2D eigenvalue weighted by Gasteiger charge is -2.35. The molecule has 1 atom stereocenters. The van der Waals surface area contributed by atoms with Gasteiger partial charge in [-0.3, -0.25) is 9.59 Å². The Morgan fingerprint density at radius 2 is 1.72 bits per heavy atom. The van der Waals surface area contributed by atoms with Gasteiger partial charge in [0.15, 0.2) is 0 Å². The van der Waals surface area contributed by atoms with Gasteiger partial charge >= 0.3 is 0 Å². The summed E-state index contributed by atoms with van der Waals surface area (Å²) in [5.41, 5.74) is 1.98. The van der Waals surface area contributed by atoms with Gasteiger partial charge in [-0.2, -0.15) is 0 Å². The summed E-state index contributed by atoms with van der Waals surface area (Å²) >= 11 is 5.99. The summed E-state index contributed by atoms with van der Waals surface area (Å²) in [7, 11) is 0. The van der Waals surface area contributed by atoms with E-state index in [1.165, 1.54) is 24.8 Å². The second-order valence-electron chi connectivity index (χ2n) is 8.71. The molecule has 1 heterocycles. The van der Waals surface area contributed by atoms with Crippen molar-refractivity contribution in [3.63, 3.8) is 0 Å². The summed E-state index contributed by atoms with van der Waals surface area (Å²) in [4.78, 5) is 27.5. The minimum atomic E-state index is -0.613. The van der Waals surface area contributed by atoms with Gasteiger partial charge in [0.1, 0.15) is 6.04 Å². The van der Waals surface area contributed by atoms with Crippen molar-refractivity contribution < 1.29 is 9.59 Å². The molecule has 1 aliphatic carbocycles. The van der Waals surface area contributed by atoms with Crippen LogP contribution >= 0.6 is 11.6 Å². The number of hydrogen-bond acceptors (Lipinski definition) is 2. The molecule has 0 bridgehead atoms. The molecule has 2 amide bonds. The monoisotopic (exact) mass is 416 g/mol. The number of hydrogen-bond donors (Lipinski definition) is 1. The van der Waals surface area contributed by atoms with E-state index in [9.17, 15) is 9.59 Å². The van der Waals surface area contributed by atoms with Crippen molar-refractivity contribution in [2.75, 3.05) is 13.1 Å². The van der Waals surface area contributed by atoms with Crippen molar-refractivity contribution in [2.24, 2.45) is 5.92 Å². The van der Waals surface area contributed by atoms with Crippen LogP contribution in [0, 0.1) is 5.92 Å². The van der Waals surface area contributed by atoms with Crippen molar-refractivity contribution >= 4 is 23.4 Å². The molecule has 2 aliphatic rings. The van der Waals surface area contributed by atoms with Gasteiger partial charge in [0.2, 0.25) is 11.8 Å². The van der Waals surface area contributed by atoms with E-state index in [-0.39, 0.29) is 11.8 Å². The zero-order chi connectivity index (χ0) is 20.8. The van der Waals surface area contributed by atoms with Gasteiger partial charge < -0.3 is 10.2 Å².